The molecular weight excluding hydrogens is 578 g/mol. The zero-order valence-corrected chi connectivity index (χ0v) is 25.6. The molecule has 0 saturated carbocycles. The highest BCUT2D eigenvalue weighted by atomic mass is 16.2. The Bertz CT molecular complexity index is 2130. The molecule has 8 rings (SSSR count). The summed E-state index contributed by atoms with van der Waals surface area (Å²) in [4.78, 5) is 56.0. The maximum absolute atomic E-state index is 13.9. The van der Waals surface area contributed by atoms with E-state index in [0.29, 0.717) is 66.8 Å². The van der Waals surface area contributed by atoms with Crippen molar-refractivity contribution < 1.29 is 9.59 Å². The molecule has 3 aliphatic rings. The van der Waals surface area contributed by atoms with E-state index in [1.165, 1.54) is 21.2 Å². The lowest BCUT2D eigenvalue weighted by Gasteiger charge is -2.37. The average molecular weight is 612 g/mol. The molecule has 2 amide bonds. The Kier molecular flexibility index (Phi) is 6.82. The summed E-state index contributed by atoms with van der Waals surface area (Å²) in [6.07, 6.45) is 2.37. The molecule has 10 heteroatoms. The molecule has 5 heterocycles. The second-order valence-electron chi connectivity index (χ2n) is 12.1. The van der Waals surface area contributed by atoms with Crippen LogP contribution in [0.25, 0.3) is 21.9 Å². The Labute approximate surface area is 265 Å². The second-order valence-corrected chi connectivity index (χ2v) is 12.1. The molecule has 1 saturated heterocycles. The second kappa shape index (κ2) is 11.2. The molecule has 3 aliphatic heterocycles. The van der Waals surface area contributed by atoms with Crippen LogP contribution < -0.4 is 15.4 Å². The number of imidazole rings is 1. The first kappa shape index (κ1) is 28.1. The van der Waals surface area contributed by atoms with Gasteiger partial charge in [-0.25, -0.2) is 0 Å². The van der Waals surface area contributed by atoms with E-state index in [1.54, 1.807) is 31.2 Å². The Hall–Kier alpha value is -5.43. The van der Waals surface area contributed by atoms with Gasteiger partial charge in [-0.2, -0.15) is 9.97 Å². The minimum absolute atomic E-state index is 0.250. The summed E-state index contributed by atoms with van der Waals surface area (Å²) in [5, 5.41) is 2.37. The van der Waals surface area contributed by atoms with Gasteiger partial charge in [0, 0.05) is 32.7 Å². The first-order valence-electron chi connectivity index (χ1n) is 15.9. The fourth-order valence-electron chi connectivity index (χ4n) is 7.32. The molecule has 1 atom stereocenters. The van der Waals surface area contributed by atoms with Gasteiger partial charge in [0.15, 0.2) is 11.2 Å². The van der Waals surface area contributed by atoms with E-state index in [-0.39, 0.29) is 30.0 Å². The summed E-state index contributed by atoms with van der Waals surface area (Å²) in [7, 11) is 0. The molecule has 0 spiro atoms. The lowest BCUT2D eigenvalue weighted by molar-refractivity contribution is 0.0569. The number of nitrogens with zero attached hydrogens (tertiary/aromatic N) is 7. The maximum atomic E-state index is 13.9. The number of benzene rings is 3. The molecule has 2 aromatic heterocycles. The lowest BCUT2D eigenvalue weighted by Crippen LogP contribution is -2.50. The van der Waals surface area contributed by atoms with Gasteiger partial charge in [-0.1, -0.05) is 60.5 Å². The largest absolute Gasteiger partial charge is 0.340 e. The number of amides is 2. The molecule has 5 aromatic rings. The monoisotopic (exact) mass is 611 g/mol. The first-order valence-corrected chi connectivity index (χ1v) is 15.9. The third-order valence-corrected chi connectivity index (χ3v) is 9.45. The predicted molar refractivity (Wildman–Crippen MR) is 177 cm³/mol. The zero-order valence-electron chi connectivity index (χ0n) is 25.6. The number of anilines is 2. The SMILES string of the molecule is CC#CCn1c(N2CCC[C@@H](N3C(=O)c4ccccc4C3=O)C2)nc2c1c(=O)nc1n2CCCN1Cc1cccc2ccccc12. The number of carbonyl (C=O) groups excluding carboxylic acids is 2. The number of aryl methyl sites for hydroxylation is 1. The smallest absolute Gasteiger partial charge is 0.300 e. The minimum Gasteiger partial charge on any atom is -0.340 e. The fraction of sp³-hybridized carbons (Fsp3) is 0.306. The Balaban J connectivity index is 1.17. The van der Waals surface area contributed by atoms with Crippen LogP contribution in [0.3, 0.4) is 0 Å². The quantitative estimate of drug-likeness (QED) is 0.214. The Morgan fingerprint density at radius 2 is 1.59 bits per heavy atom. The number of carbonyl (C=O) groups is 2. The van der Waals surface area contributed by atoms with Gasteiger partial charge < -0.3 is 9.80 Å². The number of fused-ring (bicyclic) bond motifs is 5. The molecule has 0 aliphatic carbocycles. The summed E-state index contributed by atoms with van der Waals surface area (Å²) >= 11 is 0. The molecule has 1 fully saturated rings. The van der Waals surface area contributed by atoms with Crippen LogP contribution in [0.4, 0.5) is 11.9 Å². The lowest BCUT2D eigenvalue weighted by atomic mass is 10.0. The van der Waals surface area contributed by atoms with Crippen LogP contribution in [0, 0.1) is 11.8 Å². The van der Waals surface area contributed by atoms with Crippen LogP contribution in [0.5, 0.6) is 0 Å². The van der Waals surface area contributed by atoms with Crippen LogP contribution in [0.15, 0.2) is 71.5 Å². The highest BCUT2D eigenvalue weighted by Gasteiger charge is 2.42. The molecular formula is C36H33N7O3. The highest BCUT2D eigenvalue weighted by molar-refractivity contribution is 6.21. The summed E-state index contributed by atoms with van der Waals surface area (Å²) in [5.41, 5.74) is 2.76. The van der Waals surface area contributed by atoms with Crippen LogP contribution in [-0.4, -0.2) is 61.5 Å². The van der Waals surface area contributed by atoms with Gasteiger partial charge in [-0.3, -0.25) is 28.4 Å². The molecule has 0 bridgehead atoms. The fourth-order valence-corrected chi connectivity index (χ4v) is 7.32. The molecule has 10 nitrogen and oxygen atoms in total. The molecule has 0 radical (unpaired) electrons. The summed E-state index contributed by atoms with van der Waals surface area (Å²) in [6, 6.07) is 21.3. The molecule has 230 valence electrons. The maximum Gasteiger partial charge on any atom is 0.300 e. The minimum atomic E-state index is -0.336. The van der Waals surface area contributed by atoms with Crippen molar-refractivity contribution in [3.05, 3.63) is 93.8 Å². The highest BCUT2D eigenvalue weighted by Crippen LogP contribution is 2.32. The van der Waals surface area contributed by atoms with Gasteiger partial charge in [0.2, 0.25) is 11.9 Å². The normalized spacial score (nSPS) is 17.8. The summed E-state index contributed by atoms with van der Waals surface area (Å²) < 4.78 is 3.93. The van der Waals surface area contributed by atoms with E-state index in [4.69, 9.17) is 4.98 Å². The third-order valence-electron chi connectivity index (χ3n) is 9.45. The number of imide groups is 1. The van der Waals surface area contributed by atoms with E-state index < -0.39 is 0 Å². The van der Waals surface area contributed by atoms with Gasteiger partial charge in [0.25, 0.3) is 11.8 Å². The van der Waals surface area contributed by atoms with E-state index in [9.17, 15) is 14.4 Å². The molecule has 0 unspecified atom stereocenters. The van der Waals surface area contributed by atoms with Crippen molar-refractivity contribution in [2.24, 2.45) is 0 Å². The zero-order chi connectivity index (χ0) is 31.4. The van der Waals surface area contributed by atoms with Gasteiger partial charge in [-0.15, -0.1) is 5.92 Å². The Morgan fingerprint density at radius 1 is 0.826 bits per heavy atom. The number of hydrogen-bond donors (Lipinski definition) is 0. The first-order chi connectivity index (χ1) is 22.5. The Morgan fingerprint density at radius 3 is 2.39 bits per heavy atom. The van der Waals surface area contributed by atoms with Crippen LogP contribution in [0.2, 0.25) is 0 Å². The third kappa shape index (κ3) is 4.45. The topological polar surface area (TPSA) is 96.6 Å². The number of piperidine rings is 1. The van der Waals surface area contributed by atoms with E-state index >= 15 is 0 Å². The van der Waals surface area contributed by atoms with Gasteiger partial charge >= 0.3 is 5.56 Å². The van der Waals surface area contributed by atoms with Gasteiger partial charge in [-0.05, 0) is 54.7 Å². The number of rotatable bonds is 5. The van der Waals surface area contributed by atoms with Gasteiger partial charge in [0.05, 0.1) is 23.7 Å². The molecule has 0 N–H and O–H groups in total. The van der Waals surface area contributed by atoms with Crippen molar-refractivity contribution in [1.82, 2.24) is 24.0 Å². The van der Waals surface area contributed by atoms with Crippen LogP contribution >= 0.6 is 0 Å². The van der Waals surface area contributed by atoms with Crippen molar-refractivity contribution in [2.45, 2.75) is 51.9 Å². The standard InChI is InChI=1S/C36H33N7O3/c1-2-3-20-41-30-31(37-35(41)40-18-9-14-26(23-40)43-33(45)28-16-6-7-17-29(28)34(43)46)42-21-10-19-39(36(42)38-32(30)44)22-25-13-8-12-24-11-4-5-15-27(24)25/h4-8,11-13,15-17,26H,9-10,14,18-23H2,1H3/t26-/m1/s1. The van der Waals surface area contributed by atoms with Crippen molar-refractivity contribution in [3.63, 3.8) is 0 Å². The van der Waals surface area contributed by atoms with Gasteiger partial charge in [0.1, 0.15) is 0 Å². The van der Waals surface area contributed by atoms with Crippen molar-refractivity contribution in [2.75, 3.05) is 29.4 Å². The van der Waals surface area contributed by atoms with Crippen LogP contribution in [0.1, 0.15) is 52.5 Å². The summed E-state index contributed by atoms with van der Waals surface area (Å²) in [6.45, 7) is 5.27. The van der Waals surface area contributed by atoms with E-state index in [2.05, 4.69) is 67.6 Å². The summed E-state index contributed by atoms with van der Waals surface area (Å²) in [5.74, 6) is 6.81. The van der Waals surface area contributed by atoms with E-state index in [1.807, 2.05) is 10.6 Å². The predicted octanol–water partition coefficient (Wildman–Crippen LogP) is 4.44. The number of aromatic nitrogens is 4. The van der Waals surface area contributed by atoms with E-state index in [0.717, 1.165) is 19.4 Å². The van der Waals surface area contributed by atoms with Crippen molar-refractivity contribution in [3.8, 4) is 11.8 Å². The number of hydrogen-bond acceptors (Lipinski definition) is 7. The average Bonchev–Trinajstić information content (AvgIpc) is 3.60. The molecule has 3 aromatic carbocycles. The molecule has 46 heavy (non-hydrogen) atoms. The van der Waals surface area contributed by atoms with Crippen molar-refractivity contribution >= 4 is 45.6 Å². The van der Waals surface area contributed by atoms with Crippen LogP contribution in [-0.2, 0) is 19.6 Å². The van der Waals surface area contributed by atoms with Crippen molar-refractivity contribution in [1.29, 1.82) is 0 Å².